The number of carbonyl (C=O) groups is 3. The molecule has 0 saturated heterocycles. The van der Waals surface area contributed by atoms with Crippen LogP contribution in [0.15, 0.2) is 24.3 Å². The second-order valence-corrected chi connectivity index (χ2v) is 5.81. The molecule has 0 aliphatic heterocycles. The Labute approximate surface area is 135 Å². The van der Waals surface area contributed by atoms with Crippen molar-refractivity contribution >= 4 is 23.5 Å². The van der Waals surface area contributed by atoms with Gasteiger partial charge in [-0.1, -0.05) is 31.4 Å². The lowest BCUT2D eigenvalue weighted by atomic mass is 9.88. The Balaban J connectivity index is 1.92. The minimum Gasteiger partial charge on any atom is -0.465 e. The third-order valence-electron chi connectivity index (χ3n) is 4.06. The van der Waals surface area contributed by atoms with Crippen molar-refractivity contribution in [1.82, 2.24) is 5.32 Å². The number of hydrogen-bond donors (Lipinski definition) is 3. The lowest BCUT2D eigenvalue weighted by Gasteiger charge is -2.20. The predicted octanol–water partition coefficient (Wildman–Crippen LogP) is 3.05. The van der Waals surface area contributed by atoms with E-state index >= 15 is 0 Å². The molecule has 1 aliphatic carbocycles. The Hall–Kier alpha value is -2.37. The summed E-state index contributed by atoms with van der Waals surface area (Å²) in [6, 6.07) is 6.78. The summed E-state index contributed by atoms with van der Waals surface area (Å²) in [5.41, 5.74) is 1.08. The number of nitrogens with one attached hydrogen (secondary N) is 2. The molecule has 2 amide bonds. The molecule has 1 aromatic rings. The molecule has 0 spiro atoms. The largest absolute Gasteiger partial charge is 0.465 e. The fourth-order valence-corrected chi connectivity index (χ4v) is 2.81. The Bertz CT molecular complexity index is 580. The van der Waals surface area contributed by atoms with Crippen LogP contribution >= 0.6 is 0 Å². The summed E-state index contributed by atoms with van der Waals surface area (Å²) in [7, 11) is 0. The Kier molecular flexibility index (Phi) is 6.14. The van der Waals surface area contributed by atoms with E-state index in [1.54, 1.807) is 24.3 Å². The van der Waals surface area contributed by atoms with Crippen molar-refractivity contribution in [2.75, 3.05) is 11.9 Å². The highest BCUT2D eigenvalue weighted by Crippen LogP contribution is 2.25. The lowest BCUT2D eigenvalue weighted by Crippen LogP contribution is -2.25. The summed E-state index contributed by atoms with van der Waals surface area (Å²) in [6.07, 6.45) is 4.16. The van der Waals surface area contributed by atoms with Crippen LogP contribution in [-0.2, 0) is 4.79 Å². The van der Waals surface area contributed by atoms with E-state index in [0.29, 0.717) is 11.3 Å². The number of carbonyl (C=O) groups excluding carboxylic acids is 2. The maximum absolute atomic E-state index is 12.2. The first-order chi connectivity index (χ1) is 11.1. The number of Topliss-reactive ketones (excluding diaryl/α,β-unsaturated/α-hetero) is 1. The molecular formula is C17H22N2O4. The maximum Gasteiger partial charge on any atom is 0.404 e. The van der Waals surface area contributed by atoms with Gasteiger partial charge in [-0.3, -0.25) is 9.59 Å². The molecular weight excluding hydrogens is 296 g/mol. The van der Waals surface area contributed by atoms with Crippen LogP contribution in [-0.4, -0.2) is 29.4 Å². The molecule has 1 aliphatic rings. The van der Waals surface area contributed by atoms with Crippen LogP contribution in [0.25, 0.3) is 0 Å². The van der Waals surface area contributed by atoms with Gasteiger partial charge in [0, 0.05) is 30.1 Å². The third kappa shape index (κ3) is 5.39. The van der Waals surface area contributed by atoms with Crippen molar-refractivity contribution in [3.05, 3.63) is 29.8 Å². The van der Waals surface area contributed by atoms with Crippen molar-refractivity contribution in [3.8, 4) is 0 Å². The van der Waals surface area contributed by atoms with Gasteiger partial charge in [-0.2, -0.15) is 0 Å². The van der Waals surface area contributed by atoms with E-state index in [4.69, 9.17) is 5.11 Å². The number of benzene rings is 1. The quantitative estimate of drug-likeness (QED) is 0.702. The van der Waals surface area contributed by atoms with Crippen molar-refractivity contribution in [3.63, 3.8) is 0 Å². The first-order valence-electron chi connectivity index (χ1n) is 7.97. The van der Waals surface area contributed by atoms with Crippen LogP contribution in [0.2, 0.25) is 0 Å². The number of rotatable bonds is 6. The highest BCUT2D eigenvalue weighted by molar-refractivity contribution is 5.99. The van der Waals surface area contributed by atoms with Gasteiger partial charge in [-0.05, 0) is 25.0 Å². The molecule has 0 radical (unpaired) electrons. The number of amides is 2. The molecule has 0 atom stereocenters. The maximum atomic E-state index is 12.2. The minimum atomic E-state index is -1.15. The average Bonchev–Trinajstić information content (AvgIpc) is 2.55. The van der Waals surface area contributed by atoms with Crippen LogP contribution in [0.5, 0.6) is 0 Å². The van der Waals surface area contributed by atoms with E-state index < -0.39 is 6.09 Å². The second kappa shape index (κ2) is 8.31. The topological polar surface area (TPSA) is 95.5 Å². The predicted molar refractivity (Wildman–Crippen MR) is 86.6 cm³/mol. The molecule has 3 N–H and O–H groups in total. The van der Waals surface area contributed by atoms with Gasteiger partial charge in [-0.15, -0.1) is 0 Å². The molecule has 0 aromatic heterocycles. The van der Waals surface area contributed by atoms with Crippen molar-refractivity contribution in [2.45, 2.75) is 38.5 Å². The lowest BCUT2D eigenvalue weighted by molar-refractivity contribution is -0.120. The monoisotopic (exact) mass is 318 g/mol. The van der Waals surface area contributed by atoms with Gasteiger partial charge in [0.15, 0.2) is 5.78 Å². The summed E-state index contributed by atoms with van der Waals surface area (Å²) in [4.78, 5) is 34.6. The normalized spacial score (nSPS) is 15.0. The first kappa shape index (κ1) is 17.0. The minimum absolute atomic E-state index is 0.0156. The van der Waals surface area contributed by atoms with Gasteiger partial charge in [0.1, 0.15) is 0 Å². The molecule has 1 saturated carbocycles. The Morgan fingerprint density at radius 3 is 2.57 bits per heavy atom. The van der Waals surface area contributed by atoms with E-state index in [1.807, 2.05) is 0 Å². The zero-order valence-corrected chi connectivity index (χ0v) is 13.0. The molecule has 6 heteroatoms. The van der Waals surface area contributed by atoms with Crippen LogP contribution in [0.1, 0.15) is 48.9 Å². The molecule has 0 heterocycles. The number of anilines is 1. The van der Waals surface area contributed by atoms with Crippen LogP contribution in [0.3, 0.4) is 0 Å². The summed E-state index contributed by atoms with van der Waals surface area (Å²) in [5.74, 6) is -0.0859. The summed E-state index contributed by atoms with van der Waals surface area (Å²) >= 11 is 0. The van der Waals surface area contributed by atoms with Gasteiger partial charge in [0.25, 0.3) is 0 Å². The molecule has 1 aromatic carbocycles. The van der Waals surface area contributed by atoms with E-state index in [9.17, 15) is 14.4 Å². The standard InChI is InChI=1S/C17H22N2O4/c20-15(9-10-18-17(22)23)13-7-4-8-14(11-13)19-16(21)12-5-2-1-3-6-12/h4,7-8,11-12,18H,1-3,5-6,9-10H2,(H,19,21)(H,22,23). The van der Waals surface area contributed by atoms with Gasteiger partial charge < -0.3 is 15.7 Å². The fourth-order valence-electron chi connectivity index (χ4n) is 2.81. The van der Waals surface area contributed by atoms with Crippen LogP contribution < -0.4 is 10.6 Å². The molecule has 0 unspecified atom stereocenters. The summed E-state index contributed by atoms with van der Waals surface area (Å²) < 4.78 is 0. The number of ketones is 1. The zero-order valence-electron chi connectivity index (χ0n) is 13.0. The van der Waals surface area contributed by atoms with Gasteiger partial charge in [0.05, 0.1) is 0 Å². The second-order valence-electron chi connectivity index (χ2n) is 5.81. The van der Waals surface area contributed by atoms with E-state index in [1.165, 1.54) is 6.42 Å². The van der Waals surface area contributed by atoms with Crippen LogP contribution in [0, 0.1) is 5.92 Å². The molecule has 124 valence electrons. The Morgan fingerprint density at radius 2 is 1.87 bits per heavy atom. The number of carboxylic acid groups (broad SMARTS) is 1. The SMILES string of the molecule is O=C(O)NCCC(=O)c1cccc(NC(=O)C2CCCCC2)c1. The summed E-state index contributed by atoms with van der Waals surface area (Å²) in [6.45, 7) is 0.0762. The van der Waals surface area contributed by atoms with E-state index in [-0.39, 0.29) is 30.6 Å². The average molecular weight is 318 g/mol. The zero-order chi connectivity index (χ0) is 16.7. The number of hydrogen-bond acceptors (Lipinski definition) is 3. The fraction of sp³-hybridized carbons (Fsp3) is 0.471. The Morgan fingerprint density at radius 1 is 1.13 bits per heavy atom. The first-order valence-corrected chi connectivity index (χ1v) is 7.97. The smallest absolute Gasteiger partial charge is 0.404 e. The molecule has 0 bridgehead atoms. The summed E-state index contributed by atoms with van der Waals surface area (Å²) in [5, 5.41) is 13.5. The molecule has 1 fully saturated rings. The highest BCUT2D eigenvalue weighted by Gasteiger charge is 2.21. The molecule has 23 heavy (non-hydrogen) atoms. The van der Waals surface area contributed by atoms with Crippen molar-refractivity contribution < 1.29 is 19.5 Å². The van der Waals surface area contributed by atoms with E-state index in [2.05, 4.69) is 10.6 Å². The van der Waals surface area contributed by atoms with Gasteiger partial charge >= 0.3 is 6.09 Å². The third-order valence-corrected chi connectivity index (χ3v) is 4.06. The van der Waals surface area contributed by atoms with Gasteiger partial charge in [-0.25, -0.2) is 4.79 Å². The van der Waals surface area contributed by atoms with E-state index in [0.717, 1.165) is 25.7 Å². The van der Waals surface area contributed by atoms with Crippen LogP contribution in [0.4, 0.5) is 10.5 Å². The highest BCUT2D eigenvalue weighted by atomic mass is 16.4. The molecule has 6 nitrogen and oxygen atoms in total. The van der Waals surface area contributed by atoms with Crippen molar-refractivity contribution in [1.29, 1.82) is 0 Å². The van der Waals surface area contributed by atoms with Crippen molar-refractivity contribution in [2.24, 2.45) is 5.92 Å². The van der Waals surface area contributed by atoms with Gasteiger partial charge in [0.2, 0.25) is 5.91 Å². The molecule has 2 rings (SSSR count).